The Kier molecular flexibility index (Phi) is 6.88. The summed E-state index contributed by atoms with van der Waals surface area (Å²) in [6.45, 7) is 0.509. The Balaban J connectivity index is 1.51. The summed E-state index contributed by atoms with van der Waals surface area (Å²) in [7, 11) is 1.91. The zero-order valence-corrected chi connectivity index (χ0v) is 19.8. The second kappa shape index (κ2) is 9.82. The third-order valence-electron chi connectivity index (χ3n) is 5.68. The molecule has 1 heterocycles. The van der Waals surface area contributed by atoms with Crippen LogP contribution in [0.25, 0.3) is 0 Å². The van der Waals surface area contributed by atoms with Crippen LogP contribution in [0.5, 0.6) is 5.75 Å². The highest BCUT2D eigenvalue weighted by Crippen LogP contribution is 2.35. The van der Waals surface area contributed by atoms with Gasteiger partial charge in [0, 0.05) is 32.5 Å². The van der Waals surface area contributed by atoms with Gasteiger partial charge in [-0.3, -0.25) is 9.56 Å². The lowest BCUT2D eigenvalue weighted by atomic mass is 10.0. The molecule has 1 fully saturated rings. The van der Waals surface area contributed by atoms with E-state index in [1.807, 2.05) is 85.7 Å². The van der Waals surface area contributed by atoms with Gasteiger partial charge in [-0.2, -0.15) is 5.06 Å². The van der Waals surface area contributed by atoms with Crippen LogP contribution < -0.4 is 14.4 Å². The molecule has 1 N–H and O–H groups in total. The van der Waals surface area contributed by atoms with E-state index in [1.165, 1.54) is 0 Å². The SMILES string of the molecule is CN(C)c1ccc(NS(=O)(=O)[C@@H]2CON(C)[C@@H]2c2cccc(OCc3ccccc3)c2)cc1. The molecule has 1 aliphatic heterocycles. The van der Waals surface area contributed by atoms with Crippen molar-refractivity contribution in [3.63, 3.8) is 0 Å². The maximum absolute atomic E-state index is 13.3. The van der Waals surface area contributed by atoms with Crippen LogP contribution in [0, 0.1) is 0 Å². The number of benzene rings is 3. The quantitative estimate of drug-likeness (QED) is 0.539. The van der Waals surface area contributed by atoms with Crippen molar-refractivity contribution in [3.05, 3.63) is 90.0 Å². The minimum atomic E-state index is -3.72. The number of rotatable bonds is 8. The summed E-state index contributed by atoms with van der Waals surface area (Å²) in [6, 6.07) is 24.2. The second-order valence-electron chi connectivity index (χ2n) is 8.26. The first-order valence-electron chi connectivity index (χ1n) is 10.7. The molecule has 0 saturated carbocycles. The van der Waals surface area contributed by atoms with Gasteiger partial charge in [0.15, 0.2) is 0 Å². The van der Waals surface area contributed by atoms with Crippen molar-refractivity contribution in [1.82, 2.24) is 5.06 Å². The van der Waals surface area contributed by atoms with Crippen LogP contribution in [0.4, 0.5) is 11.4 Å². The van der Waals surface area contributed by atoms with E-state index in [-0.39, 0.29) is 6.61 Å². The normalized spacial score (nSPS) is 18.8. The highest BCUT2D eigenvalue weighted by atomic mass is 32.2. The summed E-state index contributed by atoms with van der Waals surface area (Å²) in [5.41, 5.74) is 3.40. The van der Waals surface area contributed by atoms with Crippen LogP contribution in [0.15, 0.2) is 78.9 Å². The molecule has 4 rings (SSSR count). The summed E-state index contributed by atoms with van der Waals surface area (Å²) >= 11 is 0. The van der Waals surface area contributed by atoms with Crippen LogP contribution in [0.2, 0.25) is 0 Å². The van der Waals surface area contributed by atoms with E-state index >= 15 is 0 Å². The van der Waals surface area contributed by atoms with E-state index in [2.05, 4.69) is 4.72 Å². The van der Waals surface area contributed by atoms with Gasteiger partial charge < -0.3 is 9.64 Å². The van der Waals surface area contributed by atoms with Gasteiger partial charge in [-0.25, -0.2) is 8.42 Å². The number of nitrogens with one attached hydrogen (secondary N) is 1. The van der Waals surface area contributed by atoms with Crippen molar-refractivity contribution in [1.29, 1.82) is 0 Å². The molecule has 3 aromatic carbocycles. The average Bonchev–Trinajstić information content (AvgIpc) is 3.21. The van der Waals surface area contributed by atoms with E-state index in [0.29, 0.717) is 18.0 Å². The number of ether oxygens (including phenoxy) is 1. The van der Waals surface area contributed by atoms with Crippen molar-refractivity contribution in [2.45, 2.75) is 17.9 Å². The highest BCUT2D eigenvalue weighted by molar-refractivity contribution is 7.93. The Morgan fingerprint density at radius 3 is 2.45 bits per heavy atom. The van der Waals surface area contributed by atoms with Gasteiger partial charge in [-0.05, 0) is 47.5 Å². The van der Waals surface area contributed by atoms with Crippen LogP contribution in [0.1, 0.15) is 17.2 Å². The lowest BCUT2D eigenvalue weighted by Gasteiger charge is -2.24. The first kappa shape index (κ1) is 23.1. The highest BCUT2D eigenvalue weighted by Gasteiger charge is 2.43. The van der Waals surface area contributed by atoms with Crippen LogP contribution >= 0.6 is 0 Å². The zero-order chi connectivity index (χ0) is 23.4. The molecule has 0 radical (unpaired) electrons. The number of hydroxylamine groups is 2. The first-order valence-corrected chi connectivity index (χ1v) is 12.3. The fourth-order valence-electron chi connectivity index (χ4n) is 3.88. The molecule has 0 aliphatic carbocycles. The standard InChI is InChI=1S/C25H29N3O4S/c1-27(2)22-14-12-21(13-15-22)26-33(29,30)24-18-32-28(3)25(24)20-10-7-11-23(16-20)31-17-19-8-5-4-6-9-19/h4-16,24-26H,17-18H2,1-3H3/t24-,25-/m1/s1. The van der Waals surface area contributed by atoms with Crippen LogP contribution in [-0.2, 0) is 21.5 Å². The smallest absolute Gasteiger partial charge is 0.239 e. The maximum atomic E-state index is 13.3. The Morgan fingerprint density at radius 1 is 1.03 bits per heavy atom. The van der Waals surface area contributed by atoms with E-state index in [0.717, 1.165) is 16.8 Å². The summed E-state index contributed by atoms with van der Waals surface area (Å²) in [6.07, 6.45) is 0. The molecule has 0 bridgehead atoms. The van der Waals surface area contributed by atoms with Gasteiger partial charge in [0.25, 0.3) is 0 Å². The number of nitrogens with zero attached hydrogens (tertiary/aromatic N) is 2. The number of hydrogen-bond donors (Lipinski definition) is 1. The summed E-state index contributed by atoms with van der Waals surface area (Å²) in [5, 5.41) is 0.829. The van der Waals surface area contributed by atoms with Gasteiger partial charge in [0.05, 0.1) is 12.6 Å². The molecule has 0 unspecified atom stereocenters. The zero-order valence-electron chi connectivity index (χ0n) is 19.0. The molecular formula is C25H29N3O4S. The third-order valence-corrected chi connectivity index (χ3v) is 7.39. The molecule has 0 amide bonds. The Morgan fingerprint density at radius 2 is 1.76 bits per heavy atom. The van der Waals surface area contributed by atoms with Crippen molar-refractivity contribution >= 4 is 21.4 Å². The molecule has 1 aliphatic rings. The molecule has 2 atom stereocenters. The second-order valence-corrected chi connectivity index (χ2v) is 10.2. The third kappa shape index (κ3) is 5.47. The Labute approximate surface area is 195 Å². The summed E-state index contributed by atoms with van der Waals surface area (Å²) < 4.78 is 35.2. The van der Waals surface area contributed by atoms with Crippen molar-refractivity contribution in [2.24, 2.45) is 0 Å². The maximum Gasteiger partial charge on any atom is 0.239 e. The van der Waals surface area contributed by atoms with Gasteiger partial charge in [-0.15, -0.1) is 0 Å². The largest absolute Gasteiger partial charge is 0.489 e. The van der Waals surface area contributed by atoms with E-state index in [9.17, 15) is 8.42 Å². The van der Waals surface area contributed by atoms with Gasteiger partial charge >= 0.3 is 0 Å². The fraction of sp³-hybridized carbons (Fsp3) is 0.280. The summed E-state index contributed by atoms with van der Waals surface area (Å²) in [4.78, 5) is 7.60. The molecule has 1 saturated heterocycles. The van der Waals surface area contributed by atoms with E-state index < -0.39 is 21.3 Å². The van der Waals surface area contributed by atoms with Crippen LogP contribution in [0.3, 0.4) is 0 Å². The minimum Gasteiger partial charge on any atom is -0.489 e. The van der Waals surface area contributed by atoms with Crippen molar-refractivity contribution in [3.8, 4) is 5.75 Å². The fourth-order valence-corrected chi connectivity index (χ4v) is 5.40. The molecular weight excluding hydrogens is 438 g/mol. The Hall–Kier alpha value is -3.07. The molecule has 3 aromatic rings. The molecule has 0 spiro atoms. The van der Waals surface area contributed by atoms with Gasteiger partial charge in [-0.1, -0.05) is 42.5 Å². The predicted molar refractivity (Wildman–Crippen MR) is 131 cm³/mol. The minimum absolute atomic E-state index is 0.0708. The first-order chi connectivity index (χ1) is 15.8. The molecule has 33 heavy (non-hydrogen) atoms. The van der Waals surface area contributed by atoms with Crippen LogP contribution in [-0.4, -0.2) is 46.5 Å². The topological polar surface area (TPSA) is 71.1 Å². The average molecular weight is 468 g/mol. The van der Waals surface area contributed by atoms with Gasteiger partial charge in [0.1, 0.15) is 17.6 Å². The van der Waals surface area contributed by atoms with E-state index in [1.54, 1.807) is 24.2 Å². The molecule has 174 valence electrons. The lowest BCUT2D eigenvalue weighted by Crippen LogP contribution is -2.34. The predicted octanol–water partition coefficient (Wildman–Crippen LogP) is 4.06. The van der Waals surface area contributed by atoms with Crippen molar-refractivity contribution < 1.29 is 18.0 Å². The van der Waals surface area contributed by atoms with E-state index in [4.69, 9.17) is 9.57 Å². The number of sulfonamides is 1. The monoisotopic (exact) mass is 467 g/mol. The molecule has 7 nitrogen and oxygen atoms in total. The summed E-state index contributed by atoms with van der Waals surface area (Å²) in [5.74, 6) is 0.681. The Bertz CT molecular complexity index is 1170. The van der Waals surface area contributed by atoms with Crippen molar-refractivity contribution in [2.75, 3.05) is 37.4 Å². The number of hydrogen-bond acceptors (Lipinski definition) is 6. The molecule has 8 heteroatoms. The number of anilines is 2. The van der Waals surface area contributed by atoms with Gasteiger partial charge in [0.2, 0.25) is 10.0 Å². The lowest BCUT2D eigenvalue weighted by molar-refractivity contribution is -0.110. The molecule has 0 aromatic heterocycles.